The van der Waals surface area contributed by atoms with Crippen LogP contribution in [-0.4, -0.2) is 35.9 Å². The second-order valence-electron chi connectivity index (χ2n) is 11.7. The highest BCUT2D eigenvalue weighted by molar-refractivity contribution is 8.00. The van der Waals surface area contributed by atoms with Crippen LogP contribution in [0.4, 0.5) is 11.4 Å². The third kappa shape index (κ3) is 6.77. The lowest BCUT2D eigenvalue weighted by molar-refractivity contribution is 0.479. The summed E-state index contributed by atoms with van der Waals surface area (Å²) in [6.07, 6.45) is 0. The molecular formula is C35H30N4O6S3. The molecule has 0 aliphatic rings. The first-order valence-electron chi connectivity index (χ1n) is 14.5. The van der Waals surface area contributed by atoms with Gasteiger partial charge in [0.15, 0.2) is 0 Å². The number of nitrogens with two attached hydrogens (primary N) is 2. The number of aromatic nitrogens is 2. The summed E-state index contributed by atoms with van der Waals surface area (Å²) in [6.45, 7) is 3.68. The Kier molecular flexibility index (Phi) is 8.52. The summed E-state index contributed by atoms with van der Waals surface area (Å²) in [4.78, 5) is 10.3. The van der Waals surface area contributed by atoms with Crippen molar-refractivity contribution in [2.75, 3.05) is 11.5 Å². The van der Waals surface area contributed by atoms with Gasteiger partial charge in [-0.15, -0.1) is 0 Å². The highest BCUT2D eigenvalue weighted by Gasteiger charge is 2.27. The topological polar surface area (TPSA) is 187 Å². The Bertz CT molecular complexity index is 2400. The lowest BCUT2D eigenvalue weighted by atomic mass is 9.78. The molecule has 244 valence electrons. The van der Waals surface area contributed by atoms with E-state index in [4.69, 9.17) is 21.4 Å². The Morgan fingerprint density at radius 2 is 1.12 bits per heavy atom. The zero-order valence-electron chi connectivity index (χ0n) is 25.7. The van der Waals surface area contributed by atoms with Gasteiger partial charge in [0, 0.05) is 37.7 Å². The smallest absolute Gasteiger partial charge is 0.295 e. The van der Waals surface area contributed by atoms with E-state index in [-0.39, 0.29) is 9.79 Å². The third-order valence-corrected chi connectivity index (χ3v) is 11.0. The van der Waals surface area contributed by atoms with Gasteiger partial charge in [-0.3, -0.25) is 9.11 Å². The first-order valence-corrected chi connectivity index (χ1v) is 18.2. The van der Waals surface area contributed by atoms with Gasteiger partial charge in [-0.25, -0.2) is 9.97 Å². The lowest BCUT2D eigenvalue weighted by Crippen LogP contribution is -2.20. The standard InChI is InChI=1S/C35H30N4O6S3/c1-35(2,23-7-15-28(16-8-23)47(40,41)42)24-9-18-31(32(19-24)48(43,44)45)46-27-14-17-29-30(20-27)39-34(22-5-12-26(37)13-6-22)33(38-29)21-3-10-25(36)11-4-21/h3-20H,36-37H2,1-2H3,(H,40,41,42)(H,43,44,45). The van der Waals surface area contributed by atoms with Crippen LogP contribution in [0.5, 0.6) is 0 Å². The highest BCUT2D eigenvalue weighted by Crippen LogP contribution is 2.40. The zero-order valence-corrected chi connectivity index (χ0v) is 28.1. The second kappa shape index (κ2) is 12.3. The van der Waals surface area contributed by atoms with Gasteiger partial charge < -0.3 is 11.5 Å². The first-order chi connectivity index (χ1) is 22.6. The largest absolute Gasteiger partial charge is 0.399 e. The van der Waals surface area contributed by atoms with Gasteiger partial charge in [-0.1, -0.05) is 68.1 Å². The normalized spacial score (nSPS) is 12.3. The summed E-state index contributed by atoms with van der Waals surface area (Å²) in [5.41, 5.74) is 17.7. The Morgan fingerprint density at radius 1 is 0.604 bits per heavy atom. The van der Waals surface area contributed by atoms with Crippen LogP contribution in [0.15, 0.2) is 129 Å². The molecule has 0 atom stereocenters. The molecule has 0 aliphatic heterocycles. The molecule has 1 aromatic heterocycles. The van der Waals surface area contributed by atoms with Gasteiger partial charge in [0.2, 0.25) is 0 Å². The van der Waals surface area contributed by atoms with Crippen LogP contribution in [0, 0.1) is 0 Å². The van der Waals surface area contributed by atoms with E-state index in [1.165, 1.54) is 18.2 Å². The molecule has 0 saturated carbocycles. The SMILES string of the molecule is CC(C)(c1ccc(S(=O)(=O)O)cc1)c1ccc(Sc2ccc3nc(-c4ccc(N)cc4)c(-c4ccc(N)cc4)nc3c2)c(S(=O)(=O)O)c1. The Labute approximate surface area is 282 Å². The Balaban J connectivity index is 1.40. The molecule has 6 rings (SSSR count). The summed E-state index contributed by atoms with van der Waals surface area (Å²) < 4.78 is 67.9. The molecule has 0 bridgehead atoms. The molecule has 0 radical (unpaired) electrons. The predicted octanol–water partition coefficient (Wildman–Crippen LogP) is 7.10. The fraction of sp³-hybridized carbons (Fsp3) is 0.0857. The van der Waals surface area contributed by atoms with E-state index >= 15 is 0 Å². The van der Waals surface area contributed by atoms with Gasteiger partial charge in [0.1, 0.15) is 4.90 Å². The number of anilines is 2. The summed E-state index contributed by atoms with van der Waals surface area (Å²) in [7, 11) is -9.03. The summed E-state index contributed by atoms with van der Waals surface area (Å²) in [5, 5.41) is 0. The van der Waals surface area contributed by atoms with Gasteiger partial charge >= 0.3 is 0 Å². The molecule has 0 spiro atoms. The van der Waals surface area contributed by atoms with Crippen LogP contribution in [0.3, 0.4) is 0 Å². The van der Waals surface area contributed by atoms with Gasteiger partial charge in [0.25, 0.3) is 20.2 Å². The quantitative estimate of drug-likeness (QED) is 0.0938. The number of nitrogens with zero attached hydrogens (tertiary/aromatic N) is 2. The van der Waals surface area contributed by atoms with E-state index in [0.717, 1.165) is 22.9 Å². The van der Waals surface area contributed by atoms with Gasteiger partial charge in [0.05, 0.1) is 27.3 Å². The van der Waals surface area contributed by atoms with Crippen LogP contribution in [0.2, 0.25) is 0 Å². The monoisotopic (exact) mass is 698 g/mol. The minimum Gasteiger partial charge on any atom is -0.399 e. The molecule has 0 saturated heterocycles. The number of benzene rings is 5. The van der Waals surface area contributed by atoms with Crippen LogP contribution in [0.1, 0.15) is 25.0 Å². The molecular weight excluding hydrogens is 669 g/mol. The van der Waals surface area contributed by atoms with Crippen molar-refractivity contribution in [3.05, 3.63) is 120 Å². The average molecular weight is 699 g/mol. The van der Waals surface area contributed by atoms with E-state index in [1.54, 1.807) is 60.7 Å². The molecule has 10 nitrogen and oxygen atoms in total. The van der Waals surface area contributed by atoms with Crippen LogP contribution >= 0.6 is 11.8 Å². The van der Waals surface area contributed by atoms with Crippen LogP contribution < -0.4 is 11.5 Å². The highest BCUT2D eigenvalue weighted by atomic mass is 32.2. The molecule has 0 unspecified atom stereocenters. The van der Waals surface area contributed by atoms with Crippen LogP contribution in [-0.2, 0) is 25.7 Å². The molecule has 0 aliphatic carbocycles. The van der Waals surface area contributed by atoms with E-state index in [1.807, 2.05) is 44.2 Å². The summed E-state index contributed by atoms with van der Waals surface area (Å²) >= 11 is 1.15. The average Bonchev–Trinajstić information content (AvgIpc) is 3.04. The molecule has 6 aromatic rings. The number of rotatable bonds is 8. The van der Waals surface area contributed by atoms with Crippen molar-refractivity contribution >= 4 is 54.4 Å². The maximum absolute atomic E-state index is 12.7. The van der Waals surface area contributed by atoms with E-state index in [9.17, 15) is 25.9 Å². The third-order valence-electron chi connectivity index (χ3n) is 8.05. The maximum atomic E-state index is 12.7. The predicted molar refractivity (Wildman–Crippen MR) is 188 cm³/mol. The molecule has 13 heteroatoms. The molecule has 0 amide bonds. The fourth-order valence-corrected chi connectivity index (χ4v) is 7.68. The molecule has 6 N–H and O–H groups in total. The first kappa shape index (κ1) is 33.1. The van der Waals surface area contributed by atoms with E-state index in [2.05, 4.69) is 0 Å². The number of hydrogen-bond donors (Lipinski definition) is 4. The summed E-state index contributed by atoms with van der Waals surface area (Å²) in [5.74, 6) is 0. The summed E-state index contributed by atoms with van der Waals surface area (Å²) in [6, 6.07) is 30.5. The number of hydrogen-bond acceptors (Lipinski definition) is 9. The van der Waals surface area contributed by atoms with Gasteiger partial charge in [-0.05, 0) is 77.9 Å². The van der Waals surface area contributed by atoms with Crippen LogP contribution in [0.25, 0.3) is 33.5 Å². The Hall–Kier alpha value is -4.79. The minimum atomic E-state index is -4.65. The lowest BCUT2D eigenvalue weighted by Gasteiger charge is -2.27. The molecule has 5 aromatic carbocycles. The van der Waals surface area contributed by atoms with E-state index in [0.29, 0.717) is 54.7 Å². The fourth-order valence-electron chi connectivity index (χ4n) is 5.30. The van der Waals surface area contributed by atoms with E-state index < -0.39 is 25.7 Å². The molecule has 0 fully saturated rings. The number of fused-ring (bicyclic) bond motifs is 1. The van der Waals surface area contributed by atoms with Gasteiger partial charge in [-0.2, -0.15) is 16.8 Å². The van der Waals surface area contributed by atoms with Crippen molar-refractivity contribution in [1.82, 2.24) is 9.97 Å². The van der Waals surface area contributed by atoms with Crippen molar-refractivity contribution in [2.24, 2.45) is 0 Å². The number of nitrogen functional groups attached to an aromatic ring is 2. The van der Waals surface area contributed by atoms with Crippen molar-refractivity contribution in [3.8, 4) is 22.5 Å². The zero-order chi connectivity index (χ0) is 34.4. The van der Waals surface area contributed by atoms with Crippen molar-refractivity contribution in [2.45, 2.75) is 38.8 Å². The van der Waals surface area contributed by atoms with Crippen molar-refractivity contribution in [1.29, 1.82) is 0 Å². The van der Waals surface area contributed by atoms with Crippen molar-refractivity contribution in [3.63, 3.8) is 0 Å². The Morgan fingerprint density at radius 3 is 1.65 bits per heavy atom. The second-order valence-corrected chi connectivity index (χ2v) is 15.6. The maximum Gasteiger partial charge on any atom is 0.295 e. The molecule has 48 heavy (non-hydrogen) atoms. The van der Waals surface area contributed by atoms with Crippen molar-refractivity contribution < 1.29 is 25.9 Å². The minimum absolute atomic E-state index is 0.255. The molecule has 1 heterocycles.